The van der Waals surface area contributed by atoms with Crippen molar-refractivity contribution in [1.29, 1.82) is 0 Å². The van der Waals surface area contributed by atoms with Crippen LogP contribution in [-0.2, 0) is 10.3 Å². The van der Waals surface area contributed by atoms with Gasteiger partial charge in [-0.1, -0.05) is 91.0 Å². The highest BCUT2D eigenvalue weighted by Gasteiger charge is 2.51. The zero-order chi connectivity index (χ0) is 19.5. The number of rotatable bonds is 4. The summed E-state index contributed by atoms with van der Waals surface area (Å²) in [6.45, 7) is 0. The molecule has 6 heteroatoms. The molecule has 3 aromatic carbocycles. The SMILES string of the molecule is NN(C(=O)C(F)(F)F)C(c1ccccc1)(c1ccccc1)c1ccccc1. The van der Waals surface area contributed by atoms with Crippen molar-refractivity contribution in [3.63, 3.8) is 0 Å². The predicted octanol–water partition coefficient (Wildman–Crippen LogP) is 4.24. The summed E-state index contributed by atoms with van der Waals surface area (Å²) in [5.74, 6) is 3.82. The summed E-state index contributed by atoms with van der Waals surface area (Å²) in [4.78, 5) is 12.2. The molecule has 3 aromatic rings. The molecule has 0 saturated carbocycles. The molecule has 27 heavy (non-hydrogen) atoms. The number of alkyl halides is 3. The number of hydrogen-bond acceptors (Lipinski definition) is 2. The van der Waals surface area contributed by atoms with Gasteiger partial charge in [0.1, 0.15) is 5.54 Å². The number of benzene rings is 3. The molecule has 0 heterocycles. The van der Waals surface area contributed by atoms with Gasteiger partial charge in [-0.25, -0.2) is 5.84 Å². The Kier molecular flexibility index (Phi) is 5.01. The Morgan fingerprint density at radius 2 is 0.963 bits per heavy atom. The number of carbonyl (C=O) groups excluding carboxylic acids is 1. The summed E-state index contributed by atoms with van der Waals surface area (Å²) in [7, 11) is 0. The summed E-state index contributed by atoms with van der Waals surface area (Å²) in [6, 6.07) is 25.4. The van der Waals surface area contributed by atoms with Gasteiger partial charge in [-0.3, -0.25) is 9.80 Å². The number of halogens is 3. The number of carbonyl (C=O) groups is 1. The third-order valence-corrected chi connectivity index (χ3v) is 4.40. The summed E-state index contributed by atoms with van der Waals surface area (Å²) in [5.41, 5.74) is -0.302. The first-order valence-corrected chi connectivity index (χ1v) is 8.21. The second-order valence-electron chi connectivity index (χ2n) is 5.98. The van der Waals surface area contributed by atoms with Crippen LogP contribution >= 0.6 is 0 Å². The van der Waals surface area contributed by atoms with E-state index in [4.69, 9.17) is 5.84 Å². The molecule has 0 radical (unpaired) electrons. The minimum atomic E-state index is -5.11. The van der Waals surface area contributed by atoms with Crippen molar-refractivity contribution >= 4 is 5.91 Å². The maximum atomic E-state index is 13.3. The standard InChI is InChI=1S/C21H17F3N2O/c22-21(23,24)19(27)26(25)20(16-10-4-1-5-11-16,17-12-6-2-7-13-17)18-14-8-3-9-15-18/h1-15H,25H2. The Morgan fingerprint density at radius 3 is 1.22 bits per heavy atom. The molecule has 0 saturated heterocycles. The van der Waals surface area contributed by atoms with Crippen molar-refractivity contribution in [3.8, 4) is 0 Å². The van der Waals surface area contributed by atoms with Crippen LogP contribution in [0, 0.1) is 0 Å². The normalized spacial score (nSPS) is 11.9. The molecule has 0 spiro atoms. The predicted molar refractivity (Wildman–Crippen MR) is 96.3 cm³/mol. The number of hydrogen-bond donors (Lipinski definition) is 1. The van der Waals surface area contributed by atoms with Gasteiger partial charge < -0.3 is 0 Å². The fourth-order valence-electron chi connectivity index (χ4n) is 3.24. The number of nitrogens with zero attached hydrogens (tertiary/aromatic N) is 1. The van der Waals surface area contributed by atoms with Crippen LogP contribution in [0.5, 0.6) is 0 Å². The van der Waals surface area contributed by atoms with Gasteiger partial charge in [-0.15, -0.1) is 0 Å². The van der Waals surface area contributed by atoms with Crippen LogP contribution in [0.2, 0.25) is 0 Å². The van der Waals surface area contributed by atoms with Crippen LogP contribution < -0.4 is 5.84 Å². The van der Waals surface area contributed by atoms with Crippen LogP contribution in [0.4, 0.5) is 13.2 Å². The smallest absolute Gasteiger partial charge is 0.263 e. The van der Waals surface area contributed by atoms with Gasteiger partial charge in [0.25, 0.3) is 0 Å². The van der Waals surface area contributed by atoms with Crippen LogP contribution in [0.1, 0.15) is 16.7 Å². The van der Waals surface area contributed by atoms with Crippen molar-refractivity contribution in [2.24, 2.45) is 5.84 Å². The molecular weight excluding hydrogens is 353 g/mol. The number of amides is 1. The lowest BCUT2D eigenvalue weighted by molar-refractivity contribution is -0.190. The van der Waals surface area contributed by atoms with Gasteiger partial charge in [0, 0.05) is 0 Å². The quantitative estimate of drug-likeness (QED) is 0.323. The highest BCUT2D eigenvalue weighted by molar-refractivity contribution is 5.83. The molecular formula is C21H17F3N2O. The highest BCUT2D eigenvalue weighted by atomic mass is 19.4. The Hall–Kier alpha value is -3.12. The monoisotopic (exact) mass is 370 g/mol. The molecule has 3 rings (SSSR count). The topological polar surface area (TPSA) is 46.3 Å². The average Bonchev–Trinajstić information content (AvgIpc) is 2.70. The minimum Gasteiger partial charge on any atom is -0.263 e. The number of hydrazine groups is 1. The Labute approximate surface area is 154 Å². The summed E-state index contributed by atoms with van der Waals surface area (Å²) in [5, 5.41) is 0.285. The summed E-state index contributed by atoms with van der Waals surface area (Å²) >= 11 is 0. The molecule has 0 aliphatic carbocycles. The lowest BCUT2D eigenvalue weighted by Gasteiger charge is -2.42. The molecule has 0 atom stereocenters. The molecule has 138 valence electrons. The van der Waals surface area contributed by atoms with E-state index in [0.717, 1.165) is 0 Å². The first-order valence-electron chi connectivity index (χ1n) is 8.21. The maximum Gasteiger partial charge on any atom is 0.472 e. The van der Waals surface area contributed by atoms with Gasteiger partial charge >= 0.3 is 12.1 Å². The van der Waals surface area contributed by atoms with E-state index in [0.29, 0.717) is 16.7 Å². The average molecular weight is 370 g/mol. The Morgan fingerprint density at radius 1 is 0.667 bits per heavy atom. The van der Waals surface area contributed by atoms with Crippen LogP contribution in [0.3, 0.4) is 0 Å². The second kappa shape index (κ2) is 7.25. The maximum absolute atomic E-state index is 13.3. The van der Waals surface area contributed by atoms with E-state index in [1.165, 1.54) is 0 Å². The van der Waals surface area contributed by atoms with Crippen molar-refractivity contribution in [3.05, 3.63) is 108 Å². The fraction of sp³-hybridized carbons (Fsp3) is 0.0952. The van der Waals surface area contributed by atoms with E-state index >= 15 is 0 Å². The lowest BCUT2D eigenvalue weighted by Crippen LogP contribution is -2.58. The van der Waals surface area contributed by atoms with Gasteiger partial charge in [0.2, 0.25) is 0 Å². The van der Waals surface area contributed by atoms with Crippen molar-refractivity contribution < 1.29 is 18.0 Å². The molecule has 0 fully saturated rings. The lowest BCUT2D eigenvalue weighted by atomic mass is 9.76. The van der Waals surface area contributed by atoms with Gasteiger partial charge in [0.05, 0.1) is 0 Å². The number of nitrogens with two attached hydrogens (primary N) is 1. The first-order chi connectivity index (χ1) is 12.9. The molecule has 1 amide bonds. The molecule has 0 aromatic heterocycles. The van der Waals surface area contributed by atoms with Crippen molar-refractivity contribution in [1.82, 2.24) is 5.01 Å². The van der Waals surface area contributed by atoms with E-state index in [-0.39, 0.29) is 5.01 Å². The van der Waals surface area contributed by atoms with E-state index in [2.05, 4.69) is 0 Å². The van der Waals surface area contributed by atoms with Crippen molar-refractivity contribution in [2.45, 2.75) is 11.7 Å². The van der Waals surface area contributed by atoms with Gasteiger partial charge in [-0.05, 0) is 16.7 Å². The van der Waals surface area contributed by atoms with E-state index < -0.39 is 17.6 Å². The molecule has 2 N–H and O–H groups in total. The van der Waals surface area contributed by atoms with E-state index in [1.54, 1.807) is 91.0 Å². The molecule has 0 aliphatic heterocycles. The van der Waals surface area contributed by atoms with Crippen LogP contribution in [0.25, 0.3) is 0 Å². The molecule has 0 aliphatic rings. The van der Waals surface area contributed by atoms with Crippen LogP contribution in [0.15, 0.2) is 91.0 Å². The van der Waals surface area contributed by atoms with E-state index in [1.807, 2.05) is 0 Å². The van der Waals surface area contributed by atoms with Gasteiger partial charge in [-0.2, -0.15) is 13.2 Å². The van der Waals surface area contributed by atoms with Crippen molar-refractivity contribution in [2.75, 3.05) is 0 Å². The minimum absolute atomic E-state index is 0.285. The van der Waals surface area contributed by atoms with Gasteiger partial charge in [0.15, 0.2) is 0 Å². The zero-order valence-electron chi connectivity index (χ0n) is 14.2. The largest absolute Gasteiger partial charge is 0.472 e. The third kappa shape index (κ3) is 3.31. The molecule has 0 unspecified atom stereocenters. The zero-order valence-corrected chi connectivity index (χ0v) is 14.2. The summed E-state index contributed by atoms with van der Waals surface area (Å²) in [6.07, 6.45) is -5.11. The molecule has 0 bridgehead atoms. The fourth-order valence-corrected chi connectivity index (χ4v) is 3.24. The Balaban J connectivity index is 2.38. The van der Waals surface area contributed by atoms with Crippen LogP contribution in [-0.4, -0.2) is 17.1 Å². The van der Waals surface area contributed by atoms with E-state index in [9.17, 15) is 18.0 Å². The second-order valence-corrected chi connectivity index (χ2v) is 5.98. The highest BCUT2D eigenvalue weighted by Crippen LogP contribution is 2.42. The Bertz CT molecular complexity index is 800. The molecule has 3 nitrogen and oxygen atoms in total. The summed E-state index contributed by atoms with van der Waals surface area (Å²) < 4.78 is 39.9. The third-order valence-electron chi connectivity index (χ3n) is 4.40. The first kappa shape index (κ1) is 18.7.